The number of rotatable bonds is 2. The Morgan fingerprint density at radius 2 is 2.29 bits per heavy atom. The molecule has 2 aromatic heterocycles. The highest BCUT2D eigenvalue weighted by atomic mass is 35.5. The van der Waals surface area contributed by atoms with Gasteiger partial charge in [-0.2, -0.15) is 0 Å². The molecular formula is C14H17ClN4O2. The highest BCUT2D eigenvalue weighted by Gasteiger charge is 2.28. The summed E-state index contributed by atoms with van der Waals surface area (Å²) in [6, 6.07) is 1.81. The van der Waals surface area contributed by atoms with Crippen LogP contribution in [0, 0.1) is 6.92 Å². The highest BCUT2D eigenvalue weighted by molar-refractivity contribution is 6.30. The zero-order chi connectivity index (χ0) is 15.0. The van der Waals surface area contributed by atoms with Crippen molar-refractivity contribution in [2.45, 2.75) is 38.6 Å². The van der Waals surface area contributed by atoms with Crippen LogP contribution in [0.5, 0.6) is 0 Å². The van der Waals surface area contributed by atoms with Crippen LogP contribution >= 0.6 is 11.6 Å². The number of fused-ring (bicyclic) bond motifs is 1. The Kier molecular flexibility index (Phi) is 3.71. The van der Waals surface area contributed by atoms with Crippen molar-refractivity contribution in [3.8, 4) is 0 Å². The fourth-order valence-electron chi connectivity index (χ4n) is 2.85. The van der Waals surface area contributed by atoms with Crippen molar-refractivity contribution >= 4 is 23.5 Å². The molecule has 1 N–H and O–H groups in total. The predicted octanol–water partition coefficient (Wildman–Crippen LogP) is 2.77. The Labute approximate surface area is 127 Å². The first-order valence-electron chi connectivity index (χ1n) is 7.06. The maximum atomic E-state index is 11.3. The summed E-state index contributed by atoms with van der Waals surface area (Å²) in [5.74, 6) is 0.563. The van der Waals surface area contributed by atoms with E-state index in [1.165, 1.54) is 4.90 Å². The van der Waals surface area contributed by atoms with Crippen LogP contribution < -0.4 is 0 Å². The third-order valence-electron chi connectivity index (χ3n) is 3.94. The van der Waals surface area contributed by atoms with Gasteiger partial charge in [-0.3, -0.25) is 4.40 Å². The van der Waals surface area contributed by atoms with Crippen LogP contribution in [0.4, 0.5) is 4.79 Å². The number of carbonyl (C=O) groups is 1. The summed E-state index contributed by atoms with van der Waals surface area (Å²) in [6.07, 6.45) is 4.32. The molecule has 1 aliphatic heterocycles. The van der Waals surface area contributed by atoms with Gasteiger partial charge in [0.1, 0.15) is 5.15 Å². The molecule has 0 unspecified atom stereocenters. The molecular weight excluding hydrogens is 292 g/mol. The molecule has 0 bridgehead atoms. The summed E-state index contributed by atoms with van der Waals surface area (Å²) in [5, 5.41) is 9.81. The van der Waals surface area contributed by atoms with Gasteiger partial charge in [-0.05, 0) is 32.3 Å². The minimum absolute atomic E-state index is 0.0558. The topological polar surface area (TPSA) is 70.7 Å². The normalized spacial score (nSPS) is 19.1. The van der Waals surface area contributed by atoms with Crippen LogP contribution in [0.2, 0.25) is 5.15 Å². The Morgan fingerprint density at radius 3 is 3.05 bits per heavy atom. The molecule has 21 heavy (non-hydrogen) atoms. The maximum Gasteiger partial charge on any atom is 0.407 e. The summed E-state index contributed by atoms with van der Waals surface area (Å²) in [7, 11) is 0. The molecule has 0 radical (unpaired) electrons. The molecule has 2 aromatic rings. The van der Waals surface area contributed by atoms with E-state index in [0.29, 0.717) is 29.6 Å². The Hall–Kier alpha value is -1.82. The van der Waals surface area contributed by atoms with Gasteiger partial charge in [0.05, 0.1) is 5.69 Å². The fourth-order valence-corrected chi connectivity index (χ4v) is 3.10. The summed E-state index contributed by atoms with van der Waals surface area (Å²) >= 11 is 6.35. The minimum Gasteiger partial charge on any atom is -0.465 e. The number of nitrogens with zero attached hydrogens (tertiary/aromatic N) is 4. The first-order chi connectivity index (χ1) is 10.1. The van der Waals surface area contributed by atoms with E-state index in [-0.39, 0.29) is 6.04 Å². The maximum absolute atomic E-state index is 11.3. The Morgan fingerprint density at radius 1 is 1.48 bits per heavy atom. The lowest BCUT2D eigenvalue weighted by Crippen LogP contribution is -2.44. The molecule has 112 valence electrons. The largest absolute Gasteiger partial charge is 0.465 e. The zero-order valence-electron chi connectivity index (χ0n) is 11.8. The van der Waals surface area contributed by atoms with Gasteiger partial charge in [-0.25, -0.2) is 14.8 Å². The first kappa shape index (κ1) is 14.1. The number of hydrogen-bond donors (Lipinski definition) is 1. The monoisotopic (exact) mass is 308 g/mol. The Bertz CT molecular complexity index is 685. The number of imidazole rings is 1. The van der Waals surface area contributed by atoms with Gasteiger partial charge in [-0.15, -0.1) is 0 Å². The fraction of sp³-hybridized carbons (Fsp3) is 0.500. The van der Waals surface area contributed by atoms with Crippen molar-refractivity contribution in [3.05, 3.63) is 28.8 Å². The van der Waals surface area contributed by atoms with Gasteiger partial charge >= 0.3 is 6.09 Å². The van der Waals surface area contributed by atoms with Gasteiger partial charge in [0.25, 0.3) is 0 Å². The molecule has 1 amide bonds. The van der Waals surface area contributed by atoms with Crippen molar-refractivity contribution in [1.82, 2.24) is 19.3 Å². The van der Waals surface area contributed by atoms with Gasteiger partial charge in [0, 0.05) is 30.9 Å². The molecule has 1 fully saturated rings. The molecule has 0 saturated carbocycles. The number of hydrogen-bond acceptors (Lipinski definition) is 3. The van der Waals surface area contributed by atoms with Crippen LogP contribution in [0.25, 0.3) is 5.78 Å². The second kappa shape index (κ2) is 5.52. The van der Waals surface area contributed by atoms with E-state index < -0.39 is 6.09 Å². The number of aromatic nitrogens is 3. The predicted molar refractivity (Wildman–Crippen MR) is 78.8 cm³/mol. The number of piperidine rings is 1. The molecule has 3 heterocycles. The SMILES string of the molecule is Cc1ccn2c(Cl)c(C[C@@H]3CCCCN3C(=O)O)nc2n1. The lowest BCUT2D eigenvalue weighted by Gasteiger charge is -2.33. The van der Waals surface area contributed by atoms with E-state index in [2.05, 4.69) is 9.97 Å². The highest BCUT2D eigenvalue weighted by Crippen LogP contribution is 2.25. The van der Waals surface area contributed by atoms with E-state index in [4.69, 9.17) is 11.6 Å². The third kappa shape index (κ3) is 2.68. The van der Waals surface area contributed by atoms with Gasteiger partial charge in [0.15, 0.2) is 0 Å². The van der Waals surface area contributed by atoms with Crippen LogP contribution in [0.15, 0.2) is 12.3 Å². The molecule has 0 aromatic carbocycles. The van der Waals surface area contributed by atoms with E-state index in [9.17, 15) is 9.90 Å². The summed E-state index contributed by atoms with van der Waals surface area (Å²) in [5.41, 5.74) is 1.59. The molecule has 1 atom stereocenters. The van der Waals surface area contributed by atoms with E-state index in [1.54, 1.807) is 4.40 Å². The zero-order valence-corrected chi connectivity index (χ0v) is 12.5. The average molecular weight is 309 g/mol. The molecule has 0 aliphatic carbocycles. The third-order valence-corrected chi connectivity index (χ3v) is 4.34. The van der Waals surface area contributed by atoms with E-state index in [1.807, 2.05) is 19.2 Å². The van der Waals surface area contributed by atoms with Gasteiger partial charge in [0.2, 0.25) is 5.78 Å². The van der Waals surface area contributed by atoms with Crippen LogP contribution in [0.3, 0.4) is 0 Å². The smallest absolute Gasteiger partial charge is 0.407 e. The molecule has 0 spiro atoms. The second-order valence-electron chi connectivity index (χ2n) is 5.42. The number of halogens is 1. The molecule has 7 heteroatoms. The average Bonchev–Trinajstić information content (AvgIpc) is 2.75. The van der Waals surface area contributed by atoms with E-state index in [0.717, 1.165) is 25.0 Å². The summed E-state index contributed by atoms with van der Waals surface area (Å²) in [4.78, 5) is 21.6. The number of amides is 1. The number of aryl methyl sites for hydroxylation is 1. The second-order valence-corrected chi connectivity index (χ2v) is 5.78. The van der Waals surface area contributed by atoms with Crippen LogP contribution in [0.1, 0.15) is 30.7 Å². The van der Waals surface area contributed by atoms with Gasteiger partial charge < -0.3 is 10.0 Å². The van der Waals surface area contributed by atoms with Crippen LogP contribution in [-0.2, 0) is 6.42 Å². The summed E-state index contributed by atoms with van der Waals surface area (Å²) in [6.45, 7) is 2.48. The minimum atomic E-state index is -0.867. The summed E-state index contributed by atoms with van der Waals surface area (Å²) < 4.78 is 1.73. The molecule has 6 nitrogen and oxygen atoms in total. The van der Waals surface area contributed by atoms with Crippen molar-refractivity contribution in [3.63, 3.8) is 0 Å². The van der Waals surface area contributed by atoms with Crippen molar-refractivity contribution < 1.29 is 9.90 Å². The van der Waals surface area contributed by atoms with Crippen molar-refractivity contribution in [2.75, 3.05) is 6.54 Å². The number of carboxylic acid groups (broad SMARTS) is 1. The van der Waals surface area contributed by atoms with Crippen LogP contribution in [-0.4, -0.2) is 43.1 Å². The Balaban J connectivity index is 1.90. The lowest BCUT2D eigenvalue weighted by atomic mass is 9.99. The van der Waals surface area contributed by atoms with Crippen molar-refractivity contribution in [2.24, 2.45) is 0 Å². The molecule has 1 saturated heterocycles. The standard InChI is InChI=1S/C14H17ClN4O2/c1-9-5-7-19-12(15)11(17-13(19)16-9)8-10-4-2-3-6-18(10)14(20)21/h5,7,10H,2-4,6,8H2,1H3,(H,20,21)/t10-/m0/s1. The van der Waals surface area contributed by atoms with E-state index >= 15 is 0 Å². The van der Waals surface area contributed by atoms with Crippen molar-refractivity contribution in [1.29, 1.82) is 0 Å². The lowest BCUT2D eigenvalue weighted by molar-refractivity contribution is 0.106. The molecule has 3 rings (SSSR count). The molecule has 1 aliphatic rings. The quantitative estimate of drug-likeness (QED) is 0.926. The first-order valence-corrected chi connectivity index (χ1v) is 7.43. The van der Waals surface area contributed by atoms with Gasteiger partial charge in [-0.1, -0.05) is 11.6 Å². The number of likely N-dealkylation sites (tertiary alicyclic amines) is 1.